The smallest absolute Gasteiger partial charge is 0.237 e. The summed E-state index contributed by atoms with van der Waals surface area (Å²) in [7, 11) is 1.61. The monoisotopic (exact) mass is 329 g/mol. The van der Waals surface area contributed by atoms with Gasteiger partial charge in [-0.05, 0) is 44.0 Å². The lowest BCUT2D eigenvalue weighted by Gasteiger charge is -2.23. The van der Waals surface area contributed by atoms with E-state index in [1.165, 1.54) is 0 Å². The fourth-order valence-electron chi connectivity index (χ4n) is 3.29. The molecule has 2 heterocycles. The third-order valence-electron chi connectivity index (χ3n) is 4.85. The molecule has 1 aliphatic heterocycles. The number of hydrogen-bond donors (Lipinski definition) is 0. The van der Waals surface area contributed by atoms with Crippen molar-refractivity contribution in [2.75, 3.05) is 20.3 Å². The van der Waals surface area contributed by atoms with Crippen LogP contribution in [0.5, 0.6) is 0 Å². The Kier molecular flexibility index (Phi) is 4.41. The number of nitrogens with zero attached hydrogens (tertiary/aromatic N) is 3. The number of carbonyl (C=O) groups is 2. The molecule has 6 heteroatoms. The van der Waals surface area contributed by atoms with Gasteiger partial charge in [0.2, 0.25) is 11.8 Å². The maximum Gasteiger partial charge on any atom is 0.237 e. The zero-order valence-corrected chi connectivity index (χ0v) is 14.6. The summed E-state index contributed by atoms with van der Waals surface area (Å²) >= 11 is 0. The van der Waals surface area contributed by atoms with Crippen molar-refractivity contribution in [3.63, 3.8) is 0 Å². The summed E-state index contributed by atoms with van der Waals surface area (Å²) in [6.45, 7) is 6.89. The van der Waals surface area contributed by atoms with E-state index < -0.39 is 0 Å². The van der Waals surface area contributed by atoms with E-state index in [1.807, 2.05) is 32.9 Å². The molecule has 2 aromatic rings. The summed E-state index contributed by atoms with van der Waals surface area (Å²) in [5.74, 6) is -0.397. The van der Waals surface area contributed by atoms with Gasteiger partial charge in [-0.15, -0.1) is 0 Å². The molecule has 6 nitrogen and oxygen atoms in total. The molecular weight excluding hydrogens is 306 g/mol. The second kappa shape index (κ2) is 6.36. The van der Waals surface area contributed by atoms with E-state index in [4.69, 9.17) is 4.74 Å². The number of aromatic nitrogens is 2. The number of hydrogen-bond acceptors (Lipinski definition) is 4. The van der Waals surface area contributed by atoms with E-state index in [-0.39, 0.29) is 30.2 Å². The van der Waals surface area contributed by atoms with Crippen molar-refractivity contribution in [3.8, 4) is 0 Å². The number of rotatable bonds is 4. The number of methoxy groups -OCH3 is 1. The van der Waals surface area contributed by atoms with Crippen molar-refractivity contribution < 1.29 is 14.3 Å². The van der Waals surface area contributed by atoms with Gasteiger partial charge < -0.3 is 9.64 Å². The van der Waals surface area contributed by atoms with Crippen LogP contribution >= 0.6 is 0 Å². The summed E-state index contributed by atoms with van der Waals surface area (Å²) in [5.41, 5.74) is 3.88. The second-order valence-electron chi connectivity index (χ2n) is 6.63. The molecule has 128 valence electrons. The van der Waals surface area contributed by atoms with Crippen LogP contribution in [-0.2, 0) is 9.53 Å². The summed E-state index contributed by atoms with van der Waals surface area (Å²) in [6.07, 6.45) is 1.81. The highest BCUT2D eigenvalue weighted by Crippen LogP contribution is 2.25. The number of aryl methyl sites for hydroxylation is 2. The average molecular weight is 329 g/mol. The van der Waals surface area contributed by atoms with Gasteiger partial charge in [-0.1, -0.05) is 0 Å². The van der Waals surface area contributed by atoms with E-state index in [0.29, 0.717) is 13.2 Å². The van der Waals surface area contributed by atoms with Crippen LogP contribution in [0.3, 0.4) is 0 Å². The molecule has 1 aliphatic rings. The van der Waals surface area contributed by atoms with Crippen LogP contribution in [0.15, 0.2) is 18.5 Å². The Bertz CT molecular complexity index is 796. The Morgan fingerprint density at radius 3 is 2.79 bits per heavy atom. The van der Waals surface area contributed by atoms with Gasteiger partial charge in [-0.25, -0.2) is 4.98 Å². The van der Waals surface area contributed by atoms with Crippen molar-refractivity contribution in [2.45, 2.75) is 33.2 Å². The molecule has 1 aromatic heterocycles. The molecule has 1 saturated heterocycles. The number of carbonyl (C=O) groups excluding carboxylic acids is 2. The average Bonchev–Trinajstić information content (AvgIpc) is 3.11. The highest BCUT2D eigenvalue weighted by atomic mass is 16.5. The van der Waals surface area contributed by atoms with Crippen molar-refractivity contribution in [2.24, 2.45) is 5.92 Å². The summed E-state index contributed by atoms with van der Waals surface area (Å²) in [4.78, 5) is 31.2. The quantitative estimate of drug-likeness (QED) is 0.862. The predicted molar refractivity (Wildman–Crippen MR) is 91.0 cm³/mol. The highest BCUT2D eigenvalue weighted by molar-refractivity contribution is 5.95. The first-order valence-electron chi connectivity index (χ1n) is 8.19. The van der Waals surface area contributed by atoms with Crippen molar-refractivity contribution in [1.29, 1.82) is 0 Å². The van der Waals surface area contributed by atoms with Gasteiger partial charge in [-0.2, -0.15) is 0 Å². The first kappa shape index (κ1) is 16.6. The molecule has 24 heavy (non-hydrogen) atoms. The maximum absolute atomic E-state index is 12.9. The molecule has 1 fully saturated rings. The molecule has 0 aliphatic carbocycles. The van der Waals surface area contributed by atoms with Crippen LogP contribution in [0.4, 0.5) is 0 Å². The van der Waals surface area contributed by atoms with Crippen LogP contribution in [0.2, 0.25) is 0 Å². The number of likely N-dealkylation sites (tertiary alicyclic amines) is 1. The van der Waals surface area contributed by atoms with Crippen LogP contribution < -0.4 is 0 Å². The fraction of sp³-hybridized carbons (Fsp3) is 0.500. The SMILES string of the molecule is COC[C@H](C)N1C[C@@H](C(=O)n2cnc3cc(C)c(C)cc32)CC1=O. The first-order valence-corrected chi connectivity index (χ1v) is 8.19. The van der Waals surface area contributed by atoms with Crippen LogP contribution in [0.1, 0.15) is 29.3 Å². The zero-order chi connectivity index (χ0) is 17.4. The Morgan fingerprint density at radius 1 is 1.38 bits per heavy atom. The van der Waals surface area contributed by atoms with E-state index >= 15 is 0 Å². The minimum absolute atomic E-state index is 0.00865. The Balaban J connectivity index is 1.85. The summed E-state index contributed by atoms with van der Waals surface area (Å²) in [6, 6.07) is 3.95. The Labute approximate surface area is 141 Å². The molecule has 0 radical (unpaired) electrons. The normalized spacial score (nSPS) is 19.2. The Hall–Kier alpha value is -2.21. The standard InChI is InChI=1S/C18H23N3O3/c1-11-5-15-16(6-12(11)2)21(10-19-15)18(23)14-7-17(22)20(8-14)13(3)9-24-4/h5-6,10,13-14H,7-9H2,1-4H3/t13-,14-/m0/s1. The molecule has 0 unspecified atom stereocenters. The van der Waals surface area contributed by atoms with Gasteiger partial charge in [0, 0.05) is 20.1 Å². The lowest BCUT2D eigenvalue weighted by molar-refractivity contribution is -0.130. The molecule has 0 N–H and O–H groups in total. The maximum atomic E-state index is 12.9. The predicted octanol–water partition coefficient (Wildman–Crippen LogP) is 2.18. The molecule has 0 bridgehead atoms. The number of fused-ring (bicyclic) bond motifs is 1. The Morgan fingerprint density at radius 2 is 2.08 bits per heavy atom. The molecule has 0 saturated carbocycles. The van der Waals surface area contributed by atoms with Crippen LogP contribution in [0.25, 0.3) is 11.0 Å². The van der Waals surface area contributed by atoms with Crippen molar-refractivity contribution >= 4 is 22.8 Å². The molecular formula is C18H23N3O3. The molecule has 0 spiro atoms. The summed E-state index contributed by atoms with van der Waals surface area (Å²) < 4.78 is 6.71. The van der Waals surface area contributed by atoms with E-state index in [2.05, 4.69) is 4.98 Å². The third-order valence-corrected chi connectivity index (χ3v) is 4.85. The van der Waals surface area contributed by atoms with Crippen LogP contribution in [0, 0.1) is 19.8 Å². The molecule has 2 atom stereocenters. The second-order valence-corrected chi connectivity index (χ2v) is 6.63. The number of imidazole rings is 1. The fourth-order valence-corrected chi connectivity index (χ4v) is 3.29. The van der Waals surface area contributed by atoms with Gasteiger partial charge >= 0.3 is 0 Å². The number of amides is 1. The van der Waals surface area contributed by atoms with Gasteiger partial charge in [0.15, 0.2) is 0 Å². The minimum atomic E-state index is -0.337. The molecule has 1 aromatic carbocycles. The number of benzene rings is 1. The molecule has 1 amide bonds. The van der Waals surface area contributed by atoms with Gasteiger partial charge in [0.05, 0.1) is 29.6 Å². The summed E-state index contributed by atoms with van der Waals surface area (Å²) in [5, 5.41) is 0. The van der Waals surface area contributed by atoms with E-state index in [9.17, 15) is 9.59 Å². The molecule has 3 rings (SSSR count). The first-order chi connectivity index (χ1) is 11.4. The van der Waals surface area contributed by atoms with Crippen molar-refractivity contribution in [1.82, 2.24) is 14.5 Å². The van der Waals surface area contributed by atoms with Crippen LogP contribution in [-0.4, -0.2) is 52.6 Å². The van der Waals surface area contributed by atoms with E-state index in [1.54, 1.807) is 22.9 Å². The van der Waals surface area contributed by atoms with Gasteiger partial charge in [-0.3, -0.25) is 14.2 Å². The number of ether oxygens (including phenoxy) is 1. The van der Waals surface area contributed by atoms with Crippen molar-refractivity contribution in [3.05, 3.63) is 29.6 Å². The van der Waals surface area contributed by atoms with Gasteiger partial charge in [0.1, 0.15) is 6.33 Å². The van der Waals surface area contributed by atoms with Gasteiger partial charge in [0.25, 0.3) is 0 Å². The topological polar surface area (TPSA) is 64.4 Å². The van der Waals surface area contributed by atoms with E-state index in [0.717, 1.165) is 22.2 Å². The largest absolute Gasteiger partial charge is 0.383 e. The lowest BCUT2D eigenvalue weighted by atomic mass is 10.1. The third kappa shape index (κ3) is 2.82. The minimum Gasteiger partial charge on any atom is -0.383 e. The highest BCUT2D eigenvalue weighted by Gasteiger charge is 2.37. The zero-order valence-electron chi connectivity index (χ0n) is 14.6. The lowest BCUT2D eigenvalue weighted by Crippen LogP contribution is -2.38.